The molecule has 2 fully saturated rings. The van der Waals surface area contributed by atoms with Gasteiger partial charge in [-0.2, -0.15) is 0 Å². The molecule has 0 aromatic heterocycles. The molecule has 1 unspecified atom stereocenters. The molecule has 1 saturated heterocycles. The van der Waals surface area contributed by atoms with E-state index in [-0.39, 0.29) is 0 Å². The van der Waals surface area contributed by atoms with Crippen molar-refractivity contribution in [2.45, 2.75) is 39.7 Å². The summed E-state index contributed by atoms with van der Waals surface area (Å²) in [7, 11) is 0. The number of hydrogen-bond donors (Lipinski definition) is 1. The second kappa shape index (κ2) is 3.82. The molecule has 0 aromatic carbocycles. The first kappa shape index (κ1) is 10.4. The largest absolute Gasteiger partial charge is 0.314 e. The topological polar surface area (TPSA) is 15.3 Å². The van der Waals surface area contributed by atoms with Crippen LogP contribution in [0.3, 0.4) is 0 Å². The maximum atomic E-state index is 3.46. The van der Waals surface area contributed by atoms with Gasteiger partial charge in [0.25, 0.3) is 0 Å². The molecule has 0 bridgehead atoms. The zero-order valence-corrected chi connectivity index (χ0v) is 9.84. The average molecular weight is 196 g/mol. The Morgan fingerprint density at radius 1 is 1.43 bits per heavy atom. The van der Waals surface area contributed by atoms with Crippen LogP contribution in [-0.4, -0.2) is 37.1 Å². The highest BCUT2D eigenvalue weighted by Crippen LogP contribution is 2.52. The predicted octanol–water partition coefficient (Wildman–Crippen LogP) is 1.72. The maximum Gasteiger partial charge on any atom is 0.0193 e. The number of piperazine rings is 1. The molecule has 1 N–H and O–H groups in total. The smallest absolute Gasteiger partial charge is 0.0193 e. The zero-order chi connectivity index (χ0) is 10.2. The Hall–Kier alpha value is -0.0800. The van der Waals surface area contributed by atoms with Crippen LogP contribution in [0.25, 0.3) is 0 Å². The molecule has 1 saturated carbocycles. The molecule has 1 heterocycles. The van der Waals surface area contributed by atoms with Gasteiger partial charge >= 0.3 is 0 Å². The summed E-state index contributed by atoms with van der Waals surface area (Å²) in [5.41, 5.74) is 0.686. The number of nitrogens with zero attached hydrogens (tertiary/aromatic N) is 1. The van der Waals surface area contributed by atoms with Crippen molar-refractivity contribution in [1.82, 2.24) is 10.2 Å². The Morgan fingerprint density at radius 3 is 2.64 bits per heavy atom. The fourth-order valence-electron chi connectivity index (χ4n) is 2.60. The summed E-state index contributed by atoms with van der Waals surface area (Å²) >= 11 is 0. The number of rotatable bonds is 3. The maximum absolute atomic E-state index is 3.46. The van der Waals surface area contributed by atoms with Crippen molar-refractivity contribution in [3.63, 3.8) is 0 Å². The van der Waals surface area contributed by atoms with E-state index in [4.69, 9.17) is 0 Å². The molecule has 1 aliphatic carbocycles. The van der Waals surface area contributed by atoms with E-state index in [1.807, 2.05) is 0 Å². The standard InChI is InChI=1S/C12H24N2/c1-10(2)12(4-5-12)9-14-7-6-13-8-11(14)3/h10-11,13H,4-9H2,1-3H3. The minimum absolute atomic E-state index is 0.686. The molecular weight excluding hydrogens is 172 g/mol. The van der Waals surface area contributed by atoms with E-state index in [2.05, 4.69) is 31.0 Å². The summed E-state index contributed by atoms with van der Waals surface area (Å²) in [5.74, 6) is 0.865. The quantitative estimate of drug-likeness (QED) is 0.739. The van der Waals surface area contributed by atoms with Gasteiger partial charge in [0, 0.05) is 32.2 Å². The minimum atomic E-state index is 0.686. The third-order valence-corrected chi connectivity index (χ3v) is 4.27. The molecule has 2 aliphatic rings. The third-order valence-electron chi connectivity index (χ3n) is 4.27. The second-order valence-electron chi connectivity index (χ2n) is 5.54. The lowest BCUT2D eigenvalue weighted by Gasteiger charge is -2.37. The van der Waals surface area contributed by atoms with E-state index in [0.717, 1.165) is 12.0 Å². The Balaban J connectivity index is 1.89. The molecule has 2 nitrogen and oxygen atoms in total. The molecule has 1 atom stereocenters. The summed E-state index contributed by atoms with van der Waals surface area (Å²) in [5, 5.41) is 3.46. The number of hydrogen-bond acceptors (Lipinski definition) is 2. The van der Waals surface area contributed by atoms with E-state index >= 15 is 0 Å². The van der Waals surface area contributed by atoms with Crippen molar-refractivity contribution in [1.29, 1.82) is 0 Å². The summed E-state index contributed by atoms with van der Waals surface area (Å²) in [4.78, 5) is 2.68. The van der Waals surface area contributed by atoms with E-state index in [9.17, 15) is 0 Å². The van der Waals surface area contributed by atoms with E-state index in [1.54, 1.807) is 0 Å². The van der Waals surface area contributed by atoms with Gasteiger partial charge in [0.2, 0.25) is 0 Å². The van der Waals surface area contributed by atoms with E-state index in [0.29, 0.717) is 5.41 Å². The van der Waals surface area contributed by atoms with Crippen LogP contribution in [0.5, 0.6) is 0 Å². The highest BCUT2D eigenvalue weighted by atomic mass is 15.2. The van der Waals surface area contributed by atoms with Gasteiger partial charge in [0.05, 0.1) is 0 Å². The van der Waals surface area contributed by atoms with Crippen molar-refractivity contribution in [3.05, 3.63) is 0 Å². The van der Waals surface area contributed by atoms with Gasteiger partial charge in [0.15, 0.2) is 0 Å². The predicted molar refractivity (Wildman–Crippen MR) is 60.4 cm³/mol. The van der Waals surface area contributed by atoms with Crippen LogP contribution in [-0.2, 0) is 0 Å². The van der Waals surface area contributed by atoms with Crippen LogP contribution < -0.4 is 5.32 Å². The van der Waals surface area contributed by atoms with Gasteiger partial charge in [-0.25, -0.2) is 0 Å². The fourth-order valence-corrected chi connectivity index (χ4v) is 2.60. The van der Waals surface area contributed by atoms with Crippen LogP contribution in [0.15, 0.2) is 0 Å². The van der Waals surface area contributed by atoms with Crippen molar-refractivity contribution in [2.24, 2.45) is 11.3 Å². The van der Waals surface area contributed by atoms with Crippen molar-refractivity contribution in [2.75, 3.05) is 26.2 Å². The van der Waals surface area contributed by atoms with Crippen LogP contribution in [0.4, 0.5) is 0 Å². The highest BCUT2D eigenvalue weighted by Gasteiger charge is 2.46. The highest BCUT2D eigenvalue weighted by molar-refractivity contribution is 4.99. The summed E-state index contributed by atoms with van der Waals surface area (Å²) in [6.45, 7) is 12.1. The minimum Gasteiger partial charge on any atom is -0.314 e. The molecule has 82 valence electrons. The first-order chi connectivity index (χ1) is 6.64. The van der Waals surface area contributed by atoms with Gasteiger partial charge in [-0.3, -0.25) is 4.90 Å². The van der Waals surface area contributed by atoms with Gasteiger partial charge in [-0.1, -0.05) is 13.8 Å². The van der Waals surface area contributed by atoms with E-state index < -0.39 is 0 Å². The molecule has 2 heteroatoms. The number of nitrogens with one attached hydrogen (secondary N) is 1. The lowest BCUT2D eigenvalue weighted by atomic mass is 9.91. The van der Waals surface area contributed by atoms with E-state index in [1.165, 1.54) is 39.0 Å². The first-order valence-corrected chi connectivity index (χ1v) is 6.09. The van der Waals surface area contributed by atoms with Crippen LogP contribution in [0.1, 0.15) is 33.6 Å². The van der Waals surface area contributed by atoms with Crippen molar-refractivity contribution in [3.8, 4) is 0 Å². The SMILES string of the molecule is CC1CNCCN1CC1(C(C)C)CC1. The van der Waals surface area contributed by atoms with Crippen LogP contribution in [0, 0.1) is 11.3 Å². The van der Waals surface area contributed by atoms with Crippen LogP contribution >= 0.6 is 0 Å². The molecule has 0 amide bonds. The lowest BCUT2D eigenvalue weighted by Crippen LogP contribution is -2.51. The molecule has 0 aromatic rings. The Morgan fingerprint density at radius 2 is 2.14 bits per heavy atom. The van der Waals surface area contributed by atoms with Crippen molar-refractivity contribution < 1.29 is 0 Å². The molecular formula is C12H24N2. The first-order valence-electron chi connectivity index (χ1n) is 6.09. The van der Waals surface area contributed by atoms with Gasteiger partial charge in [-0.05, 0) is 31.1 Å². The Labute approximate surface area is 88.1 Å². The van der Waals surface area contributed by atoms with Gasteiger partial charge in [-0.15, -0.1) is 0 Å². The summed E-state index contributed by atoms with van der Waals surface area (Å²) in [6, 6.07) is 0.736. The lowest BCUT2D eigenvalue weighted by molar-refractivity contribution is 0.122. The fraction of sp³-hybridized carbons (Fsp3) is 1.00. The van der Waals surface area contributed by atoms with Gasteiger partial charge < -0.3 is 5.32 Å². The molecule has 0 radical (unpaired) electrons. The second-order valence-corrected chi connectivity index (χ2v) is 5.54. The molecule has 0 spiro atoms. The molecule has 1 aliphatic heterocycles. The van der Waals surface area contributed by atoms with Gasteiger partial charge in [0.1, 0.15) is 0 Å². The normalized spacial score (nSPS) is 32.1. The van der Waals surface area contributed by atoms with Crippen molar-refractivity contribution >= 4 is 0 Å². The monoisotopic (exact) mass is 196 g/mol. The zero-order valence-electron chi connectivity index (χ0n) is 9.84. The summed E-state index contributed by atoms with van der Waals surface area (Å²) < 4.78 is 0. The Kier molecular flexibility index (Phi) is 2.85. The van der Waals surface area contributed by atoms with Crippen LogP contribution in [0.2, 0.25) is 0 Å². The molecule has 2 rings (SSSR count). The average Bonchev–Trinajstić information content (AvgIpc) is 2.90. The Bertz CT molecular complexity index is 196. The summed E-state index contributed by atoms with van der Waals surface area (Å²) in [6.07, 6.45) is 2.92. The molecule has 14 heavy (non-hydrogen) atoms. The third kappa shape index (κ3) is 1.96.